The van der Waals surface area contributed by atoms with Gasteiger partial charge in [-0.15, -0.1) is 0 Å². The average molecular weight is 241 g/mol. The molecular weight excluding hydrogens is 224 g/mol. The average Bonchev–Trinajstić information content (AvgIpc) is 2.24. The van der Waals surface area contributed by atoms with Crippen molar-refractivity contribution in [1.82, 2.24) is 4.90 Å². The minimum atomic E-state index is -0.115. The number of hydrogen-bond acceptors (Lipinski definition) is 1. The molecule has 0 aliphatic carbocycles. The number of carbonyl (C=O) groups is 1. The Morgan fingerprint density at radius 2 is 2.00 bits per heavy atom. The first kappa shape index (κ1) is 12.8. The number of anilines is 1. The van der Waals surface area contributed by atoms with Crippen LogP contribution in [0.3, 0.4) is 0 Å². The molecule has 1 N–H and O–H groups in total. The Kier molecular flexibility index (Phi) is 4.62. The molecule has 3 nitrogen and oxygen atoms in total. The van der Waals surface area contributed by atoms with Crippen molar-refractivity contribution in [3.05, 3.63) is 28.8 Å². The lowest BCUT2D eigenvalue weighted by atomic mass is 10.2. The predicted molar refractivity (Wildman–Crippen MR) is 68.1 cm³/mol. The van der Waals surface area contributed by atoms with Crippen LogP contribution in [0, 0.1) is 6.92 Å². The van der Waals surface area contributed by atoms with Crippen molar-refractivity contribution in [1.29, 1.82) is 0 Å². The van der Waals surface area contributed by atoms with Gasteiger partial charge < -0.3 is 10.2 Å². The second-order valence-corrected chi connectivity index (χ2v) is 3.99. The summed E-state index contributed by atoms with van der Waals surface area (Å²) in [6.45, 7) is 7.22. The van der Waals surface area contributed by atoms with E-state index in [9.17, 15) is 4.79 Å². The topological polar surface area (TPSA) is 32.3 Å². The predicted octanol–water partition coefficient (Wildman–Crippen LogP) is 3.52. The summed E-state index contributed by atoms with van der Waals surface area (Å²) in [5, 5.41) is 3.36. The maximum Gasteiger partial charge on any atom is 0.321 e. The van der Waals surface area contributed by atoms with E-state index in [1.54, 1.807) is 4.90 Å². The Balaban J connectivity index is 2.76. The van der Waals surface area contributed by atoms with Gasteiger partial charge in [0.15, 0.2) is 0 Å². The SMILES string of the molecule is CCN(CC)C(=O)Nc1ccc(C)cc1Cl. The van der Waals surface area contributed by atoms with Crippen molar-refractivity contribution in [3.8, 4) is 0 Å². The first-order chi connectivity index (χ1) is 7.58. The third-order valence-electron chi connectivity index (χ3n) is 2.42. The number of carbonyl (C=O) groups excluding carboxylic acids is 1. The third-order valence-corrected chi connectivity index (χ3v) is 2.73. The van der Waals surface area contributed by atoms with Crippen LogP contribution in [0.5, 0.6) is 0 Å². The highest BCUT2D eigenvalue weighted by Gasteiger charge is 2.10. The fourth-order valence-electron chi connectivity index (χ4n) is 1.43. The Hall–Kier alpha value is -1.22. The first-order valence-electron chi connectivity index (χ1n) is 5.40. The van der Waals surface area contributed by atoms with Gasteiger partial charge in [0.1, 0.15) is 0 Å². The Morgan fingerprint density at radius 3 is 2.50 bits per heavy atom. The highest BCUT2D eigenvalue weighted by Crippen LogP contribution is 2.22. The summed E-state index contributed by atoms with van der Waals surface area (Å²) in [7, 11) is 0. The van der Waals surface area contributed by atoms with Crippen LogP contribution in [0.15, 0.2) is 18.2 Å². The zero-order chi connectivity index (χ0) is 12.1. The van der Waals surface area contributed by atoms with E-state index in [0.717, 1.165) is 5.56 Å². The van der Waals surface area contributed by atoms with Gasteiger partial charge in [-0.05, 0) is 38.5 Å². The second-order valence-electron chi connectivity index (χ2n) is 3.59. The van der Waals surface area contributed by atoms with Crippen LogP contribution in [0.1, 0.15) is 19.4 Å². The maximum absolute atomic E-state index is 11.8. The molecule has 0 saturated heterocycles. The van der Waals surface area contributed by atoms with E-state index in [0.29, 0.717) is 23.8 Å². The zero-order valence-corrected chi connectivity index (χ0v) is 10.6. The van der Waals surface area contributed by atoms with E-state index in [4.69, 9.17) is 11.6 Å². The summed E-state index contributed by atoms with van der Waals surface area (Å²) in [6.07, 6.45) is 0. The molecular formula is C12H17ClN2O. The number of hydrogen-bond donors (Lipinski definition) is 1. The highest BCUT2D eigenvalue weighted by molar-refractivity contribution is 6.33. The fraction of sp³-hybridized carbons (Fsp3) is 0.417. The molecule has 0 aromatic heterocycles. The molecule has 0 spiro atoms. The molecule has 2 amide bonds. The highest BCUT2D eigenvalue weighted by atomic mass is 35.5. The Morgan fingerprint density at radius 1 is 1.38 bits per heavy atom. The van der Waals surface area contributed by atoms with E-state index in [1.807, 2.05) is 39.0 Å². The number of rotatable bonds is 3. The number of nitrogens with one attached hydrogen (secondary N) is 1. The smallest absolute Gasteiger partial charge is 0.321 e. The summed E-state index contributed by atoms with van der Waals surface area (Å²) in [5.74, 6) is 0. The zero-order valence-electron chi connectivity index (χ0n) is 9.88. The van der Waals surface area contributed by atoms with Gasteiger partial charge in [0.25, 0.3) is 0 Å². The number of aryl methyl sites for hydroxylation is 1. The molecule has 0 aliphatic heterocycles. The lowest BCUT2D eigenvalue weighted by molar-refractivity contribution is 0.217. The molecule has 0 radical (unpaired) electrons. The Labute approximate surface area is 101 Å². The van der Waals surface area contributed by atoms with E-state index >= 15 is 0 Å². The summed E-state index contributed by atoms with van der Waals surface area (Å²) in [4.78, 5) is 13.5. The second kappa shape index (κ2) is 5.75. The number of amides is 2. The molecule has 0 unspecified atom stereocenters. The number of nitrogens with zero attached hydrogens (tertiary/aromatic N) is 1. The summed E-state index contributed by atoms with van der Waals surface area (Å²) in [6, 6.07) is 5.46. The molecule has 4 heteroatoms. The number of benzene rings is 1. The largest absolute Gasteiger partial charge is 0.325 e. The standard InChI is InChI=1S/C12H17ClN2O/c1-4-15(5-2)12(16)14-11-7-6-9(3)8-10(11)13/h6-8H,4-5H2,1-3H3,(H,14,16). The molecule has 16 heavy (non-hydrogen) atoms. The molecule has 0 saturated carbocycles. The van der Waals surface area contributed by atoms with Crippen molar-refractivity contribution in [2.75, 3.05) is 18.4 Å². The van der Waals surface area contributed by atoms with Crippen LogP contribution in [-0.4, -0.2) is 24.0 Å². The number of halogens is 1. The van der Waals surface area contributed by atoms with Gasteiger partial charge >= 0.3 is 6.03 Å². The molecule has 1 aromatic rings. The van der Waals surface area contributed by atoms with Crippen LogP contribution >= 0.6 is 11.6 Å². The van der Waals surface area contributed by atoms with Crippen LogP contribution in [-0.2, 0) is 0 Å². The van der Waals surface area contributed by atoms with E-state index < -0.39 is 0 Å². The van der Waals surface area contributed by atoms with Gasteiger partial charge in [-0.3, -0.25) is 0 Å². The number of urea groups is 1. The minimum absolute atomic E-state index is 0.115. The third kappa shape index (κ3) is 3.14. The maximum atomic E-state index is 11.8. The van der Waals surface area contributed by atoms with Gasteiger partial charge in [-0.25, -0.2) is 4.79 Å². The van der Waals surface area contributed by atoms with Crippen molar-refractivity contribution in [2.24, 2.45) is 0 Å². The van der Waals surface area contributed by atoms with Crippen molar-refractivity contribution < 1.29 is 4.79 Å². The van der Waals surface area contributed by atoms with Gasteiger partial charge in [-0.1, -0.05) is 17.7 Å². The van der Waals surface area contributed by atoms with Gasteiger partial charge in [0, 0.05) is 13.1 Å². The van der Waals surface area contributed by atoms with E-state index in [2.05, 4.69) is 5.32 Å². The first-order valence-corrected chi connectivity index (χ1v) is 5.78. The van der Waals surface area contributed by atoms with E-state index in [1.165, 1.54) is 0 Å². The van der Waals surface area contributed by atoms with E-state index in [-0.39, 0.29) is 6.03 Å². The molecule has 0 heterocycles. The lowest BCUT2D eigenvalue weighted by Crippen LogP contribution is -2.34. The summed E-state index contributed by atoms with van der Waals surface area (Å²) < 4.78 is 0. The van der Waals surface area contributed by atoms with Gasteiger partial charge in [0.2, 0.25) is 0 Å². The molecule has 0 fully saturated rings. The molecule has 0 bridgehead atoms. The monoisotopic (exact) mass is 240 g/mol. The minimum Gasteiger partial charge on any atom is -0.325 e. The molecule has 1 aromatic carbocycles. The molecule has 1 rings (SSSR count). The van der Waals surface area contributed by atoms with Crippen molar-refractivity contribution >= 4 is 23.3 Å². The van der Waals surface area contributed by atoms with Crippen LogP contribution in [0.25, 0.3) is 0 Å². The summed E-state index contributed by atoms with van der Waals surface area (Å²) >= 11 is 6.03. The van der Waals surface area contributed by atoms with Gasteiger partial charge in [-0.2, -0.15) is 0 Å². The lowest BCUT2D eigenvalue weighted by Gasteiger charge is -2.19. The van der Waals surface area contributed by atoms with Gasteiger partial charge in [0.05, 0.1) is 10.7 Å². The fourth-order valence-corrected chi connectivity index (χ4v) is 1.71. The molecule has 0 atom stereocenters. The van der Waals surface area contributed by atoms with Crippen LogP contribution < -0.4 is 5.32 Å². The summed E-state index contributed by atoms with van der Waals surface area (Å²) in [5.41, 5.74) is 1.73. The van der Waals surface area contributed by atoms with Crippen LogP contribution in [0.2, 0.25) is 5.02 Å². The Bertz CT molecular complexity index is 375. The van der Waals surface area contributed by atoms with Crippen molar-refractivity contribution in [3.63, 3.8) is 0 Å². The molecule has 88 valence electrons. The quantitative estimate of drug-likeness (QED) is 0.862. The molecule has 0 aliphatic rings. The normalized spacial score (nSPS) is 10.0. The van der Waals surface area contributed by atoms with Crippen LogP contribution in [0.4, 0.5) is 10.5 Å². The van der Waals surface area contributed by atoms with Crippen molar-refractivity contribution in [2.45, 2.75) is 20.8 Å².